The second-order valence-electron chi connectivity index (χ2n) is 7.20. The number of piperidine rings is 1. The van der Waals surface area contributed by atoms with Crippen LogP contribution in [0.5, 0.6) is 0 Å². The molecule has 0 spiro atoms. The van der Waals surface area contributed by atoms with Gasteiger partial charge < -0.3 is 10.1 Å². The van der Waals surface area contributed by atoms with Crippen LogP contribution in [0.2, 0.25) is 0 Å². The Hall–Kier alpha value is -1.55. The van der Waals surface area contributed by atoms with Crippen molar-refractivity contribution in [3.8, 4) is 0 Å². The van der Waals surface area contributed by atoms with Gasteiger partial charge in [0.15, 0.2) is 0 Å². The van der Waals surface area contributed by atoms with Crippen molar-refractivity contribution in [3.63, 3.8) is 0 Å². The lowest BCUT2D eigenvalue weighted by Crippen LogP contribution is -2.29. The summed E-state index contributed by atoms with van der Waals surface area (Å²) in [7, 11) is 0. The fourth-order valence-corrected chi connectivity index (χ4v) is 3.09. The van der Waals surface area contributed by atoms with E-state index in [0.717, 1.165) is 24.9 Å². The highest BCUT2D eigenvalue weighted by atomic mass is 16.5. The Morgan fingerprint density at radius 1 is 1.21 bits per heavy atom. The first-order chi connectivity index (χ1) is 11.6. The van der Waals surface area contributed by atoms with Crippen LogP contribution < -0.4 is 5.32 Å². The molecule has 4 heteroatoms. The normalized spacial score (nSPS) is 15.5. The van der Waals surface area contributed by atoms with Crippen LogP contribution in [0.3, 0.4) is 0 Å². The minimum absolute atomic E-state index is 0.319. The van der Waals surface area contributed by atoms with Crippen molar-refractivity contribution in [1.29, 1.82) is 0 Å². The highest BCUT2D eigenvalue weighted by Gasteiger charge is 2.10. The number of ether oxygens (including phenoxy) is 1. The summed E-state index contributed by atoms with van der Waals surface area (Å²) in [5, 5.41) is 2.82. The Bertz CT molecular complexity index is 496. The van der Waals surface area contributed by atoms with Gasteiger partial charge in [0.25, 0.3) is 0 Å². The number of hydrogen-bond donors (Lipinski definition) is 1. The van der Waals surface area contributed by atoms with Gasteiger partial charge in [0.05, 0.1) is 0 Å². The first-order valence-electron chi connectivity index (χ1n) is 9.34. The van der Waals surface area contributed by atoms with Gasteiger partial charge in [0.2, 0.25) is 0 Å². The zero-order valence-electron chi connectivity index (χ0n) is 15.2. The van der Waals surface area contributed by atoms with Crippen molar-refractivity contribution in [2.45, 2.75) is 59.1 Å². The maximum atomic E-state index is 11.7. The van der Waals surface area contributed by atoms with Gasteiger partial charge in [-0.05, 0) is 55.8 Å². The molecule has 0 aromatic heterocycles. The Morgan fingerprint density at radius 3 is 2.71 bits per heavy atom. The largest absolute Gasteiger partial charge is 0.445 e. The van der Waals surface area contributed by atoms with E-state index in [9.17, 15) is 4.79 Å². The van der Waals surface area contributed by atoms with Gasteiger partial charge >= 0.3 is 6.09 Å². The SMILES string of the molecule is CC(C)CCCNC(=O)OCc1cccc(CN2CCCCC2)c1. The summed E-state index contributed by atoms with van der Waals surface area (Å²) < 4.78 is 5.32. The molecule has 1 N–H and O–H groups in total. The molecule has 0 saturated carbocycles. The molecule has 24 heavy (non-hydrogen) atoms. The molecule has 0 bridgehead atoms. The zero-order valence-corrected chi connectivity index (χ0v) is 15.2. The molecule has 0 atom stereocenters. The molecule has 4 nitrogen and oxygen atoms in total. The summed E-state index contributed by atoms with van der Waals surface area (Å²) in [5.74, 6) is 0.672. The third kappa shape index (κ3) is 7.35. The van der Waals surface area contributed by atoms with Gasteiger partial charge in [-0.1, -0.05) is 44.5 Å². The number of likely N-dealkylation sites (tertiary alicyclic amines) is 1. The lowest BCUT2D eigenvalue weighted by atomic mass is 10.1. The van der Waals surface area contributed by atoms with Crippen molar-refractivity contribution < 1.29 is 9.53 Å². The second-order valence-corrected chi connectivity index (χ2v) is 7.20. The molecule has 2 rings (SSSR count). The van der Waals surface area contributed by atoms with Gasteiger partial charge in [0.1, 0.15) is 6.61 Å². The fourth-order valence-electron chi connectivity index (χ4n) is 3.09. The molecule has 0 aliphatic carbocycles. The monoisotopic (exact) mass is 332 g/mol. The summed E-state index contributed by atoms with van der Waals surface area (Å²) in [5.41, 5.74) is 2.36. The second kappa shape index (κ2) is 10.3. The predicted octanol–water partition coefficient (Wildman–Crippen LogP) is 4.33. The van der Waals surface area contributed by atoms with Gasteiger partial charge in [-0.25, -0.2) is 4.79 Å². The van der Waals surface area contributed by atoms with E-state index < -0.39 is 0 Å². The third-order valence-corrected chi connectivity index (χ3v) is 4.44. The summed E-state index contributed by atoms with van der Waals surface area (Å²) in [6.07, 6.45) is 5.77. The Balaban J connectivity index is 1.70. The molecule has 1 aliphatic heterocycles. The van der Waals surface area contributed by atoms with Gasteiger partial charge in [-0.2, -0.15) is 0 Å². The standard InChI is InChI=1S/C20H32N2O2/c1-17(2)8-7-11-21-20(23)24-16-19-10-6-9-18(14-19)15-22-12-4-3-5-13-22/h6,9-10,14,17H,3-5,7-8,11-13,15-16H2,1-2H3,(H,21,23). The van der Waals surface area contributed by atoms with E-state index in [1.807, 2.05) is 6.07 Å². The number of amides is 1. The average Bonchev–Trinajstić information content (AvgIpc) is 2.58. The highest BCUT2D eigenvalue weighted by Crippen LogP contribution is 2.14. The summed E-state index contributed by atoms with van der Waals surface area (Å²) in [6.45, 7) is 8.79. The number of nitrogens with zero attached hydrogens (tertiary/aromatic N) is 1. The van der Waals surface area contributed by atoms with Crippen LogP contribution in [0.15, 0.2) is 24.3 Å². The minimum Gasteiger partial charge on any atom is -0.445 e. The van der Waals surface area contributed by atoms with Crippen molar-refractivity contribution in [2.75, 3.05) is 19.6 Å². The van der Waals surface area contributed by atoms with E-state index >= 15 is 0 Å². The first-order valence-corrected chi connectivity index (χ1v) is 9.34. The van der Waals surface area contributed by atoms with Crippen molar-refractivity contribution >= 4 is 6.09 Å². The summed E-state index contributed by atoms with van der Waals surface area (Å²) >= 11 is 0. The molecule has 0 radical (unpaired) electrons. The summed E-state index contributed by atoms with van der Waals surface area (Å²) in [6, 6.07) is 8.38. The number of nitrogens with one attached hydrogen (secondary N) is 1. The van der Waals surface area contributed by atoms with Gasteiger partial charge in [-0.3, -0.25) is 4.90 Å². The zero-order chi connectivity index (χ0) is 17.2. The molecular weight excluding hydrogens is 300 g/mol. The van der Waals surface area contributed by atoms with E-state index in [0.29, 0.717) is 19.1 Å². The average molecular weight is 332 g/mol. The first kappa shape index (κ1) is 18.8. The van der Waals surface area contributed by atoms with Crippen LogP contribution in [-0.2, 0) is 17.9 Å². The van der Waals surface area contributed by atoms with E-state index in [2.05, 4.69) is 42.3 Å². The van der Waals surface area contributed by atoms with Crippen LogP contribution >= 0.6 is 0 Å². The van der Waals surface area contributed by atoms with Crippen LogP contribution in [0.4, 0.5) is 4.79 Å². The minimum atomic E-state index is -0.319. The lowest BCUT2D eigenvalue weighted by Gasteiger charge is -2.26. The van der Waals surface area contributed by atoms with Crippen LogP contribution in [0, 0.1) is 5.92 Å². The molecule has 1 aromatic rings. The molecule has 1 fully saturated rings. The Morgan fingerprint density at radius 2 is 1.96 bits per heavy atom. The number of alkyl carbamates (subject to hydrolysis) is 1. The van der Waals surface area contributed by atoms with Crippen molar-refractivity contribution in [2.24, 2.45) is 5.92 Å². The highest BCUT2D eigenvalue weighted by molar-refractivity contribution is 5.67. The van der Waals surface area contributed by atoms with Crippen molar-refractivity contribution in [1.82, 2.24) is 10.2 Å². The molecule has 0 unspecified atom stereocenters. The summed E-state index contributed by atoms with van der Waals surface area (Å²) in [4.78, 5) is 14.2. The fraction of sp³-hybridized carbons (Fsp3) is 0.650. The number of rotatable bonds is 8. The molecule has 134 valence electrons. The molecule has 1 aliphatic rings. The molecule has 1 saturated heterocycles. The topological polar surface area (TPSA) is 41.6 Å². The molecule has 1 amide bonds. The molecule has 1 heterocycles. The predicted molar refractivity (Wildman–Crippen MR) is 97.8 cm³/mol. The van der Waals surface area contributed by atoms with E-state index in [1.54, 1.807) is 0 Å². The van der Waals surface area contributed by atoms with Crippen LogP contribution in [0.25, 0.3) is 0 Å². The van der Waals surface area contributed by atoms with Crippen molar-refractivity contribution in [3.05, 3.63) is 35.4 Å². The maximum Gasteiger partial charge on any atom is 0.407 e. The van der Waals surface area contributed by atoms with Crippen LogP contribution in [-0.4, -0.2) is 30.6 Å². The number of hydrogen-bond acceptors (Lipinski definition) is 3. The number of benzene rings is 1. The van der Waals surface area contributed by atoms with E-state index in [4.69, 9.17) is 4.74 Å². The molecule has 1 aromatic carbocycles. The van der Waals surface area contributed by atoms with Gasteiger partial charge in [-0.15, -0.1) is 0 Å². The number of carbonyl (C=O) groups is 1. The van der Waals surface area contributed by atoms with Gasteiger partial charge in [0, 0.05) is 13.1 Å². The Labute approximate surface area is 146 Å². The van der Waals surface area contributed by atoms with E-state index in [-0.39, 0.29) is 6.09 Å². The maximum absolute atomic E-state index is 11.7. The third-order valence-electron chi connectivity index (χ3n) is 4.44. The smallest absolute Gasteiger partial charge is 0.407 e. The Kier molecular flexibility index (Phi) is 8.10. The lowest BCUT2D eigenvalue weighted by molar-refractivity contribution is 0.139. The molecular formula is C20H32N2O2. The van der Waals surface area contributed by atoms with Crippen LogP contribution in [0.1, 0.15) is 57.1 Å². The quantitative estimate of drug-likeness (QED) is 0.720. The van der Waals surface area contributed by atoms with E-state index in [1.165, 1.54) is 37.9 Å². The number of carbonyl (C=O) groups excluding carboxylic acids is 1.